The number of carbonyl (C=O) groups is 1. The average Bonchev–Trinajstić information content (AvgIpc) is 3.10. The predicted octanol–water partition coefficient (Wildman–Crippen LogP) is 4.32. The van der Waals surface area contributed by atoms with Crippen molar-refractivity contribution in [1.82, 2.24) is 25.3 Å². The van der Waals surface area contributed by atoms with Crippen LogP contribution in [0.25, 0.3) is 22.4 Å². The van der Waals surface area contributed by atoms with Crippen LogP contribution < -0.4 is 10.6 Å². The standard InChI is InChI=1S/C19H19ClF4N6O/c1-9(2)18(3,17(31)28-8-19(22,23)24)30-16-13(21)7-27-15(29-16)12-6-26-14-11(12)4-10(20)5-25-14/h4-7,9H,8H2,1-3H3,(H,25,26)(H,28,31)(H,27,29,30). The van der Waals surface area contributed by atoms with Gasteiger partial charge in [-0.05, 0) is 18.9 Å². The zero-order valence-corrected chi connectivity index (χ0v) is 17.5. The molecular weight excluding hydrogens is 440 g/mol. The molecule has 0 fully saturated rings. The lowest BCUT2D eigenvalue weighted by molar-refractivity contribution is -0.141. The molecule has 0 aliphatic heterocycles. The van der Waals surface area contributed by atoms with Crippen molar-refractivity contribution in [3.05, 3.63) is 35.5 Å². The Labute approximate surface area is 179 Å². The zero-order valence-electron chi connectivity index (χ0n) is 16.7. The Kier molecular flexibility index (Phi) is 6.08. The van der Waals surface area contributed by atoms with E-state index in [1.54, 1.807) is 26.1 Å². The molecule has 3 heterocycles. The summed E-state index contributed by atoms with van der Waals surface area (Å²) in [4.78, 5) is 27.7. The second-order valence-electron chi connectivity index (χ2n) is 7.42. The maximum absolute atomic E-state index is 14.5. The molecule has 12 heteroatoms. The summed E-state index contributed by atoms with van der Waals surface area (Å²) in [7, 11) is 0. The molecule has 0 spiro atoms. The SMILES string of the molecule is CC(C)C(C)(Nc1nc(-c2c[nH]c3ncc(Cl)cc23)ncc1F)C(=O)NCC(F)(F)F. The van der Waals surface area contributed by atoms with Crippen LogP contribution in [0.4, 0.5) is 23.4 Å². The van der Waals surface area contributed by atoms with Crippen molar-refractivity contribution >= 4 is 34.4 Å². The van der Waals surface area contributed by atoms with E-state index in [9.17, 15) is 22.4 Å². The largest absolute Gasteiger partial charge is 0.405 e. The minimum absolute atomic E-state index is 0.112. The summed E-state index contributed by atoms with van der Waals surface area (Å²) < 4.78 is 52.1. The normalized spacial score (nSPS) is 14.0. The molecule has 166 valence electrons. The van der Waals surface area contributed by atoms with E-state index in [1.807, 2.05) is 5.32 Å². The molecule has 0 aliphatic carbocycles. The van der Waals surface area contributed by atoms with Gasteiger partial charge in [-0.1, -0.05) is 25.4 Å². The second kappa shape index (κ2) is 8.29. The summed E-state index contributed by atoms with van der Waals surface area (Å²) in [6.45, 7) is 3.11. The number of rotatable bonds is 6. The lowest BCUT2D eigenvalue weighted by Crippen LogP contribution is -2.55. The summed E-state index contributed by atoms with van der Waals surface area (Å²) in [6.07, 6.45) is -0.639. The van der Waals surface area contributed by atoms with E-state index < -0.39 is 35.9 Å². The fraction of sp³-hybridized carbons (Fsp3) is 0.368. The van der Waals surface area contributed by atoms with Crippen LogP contribution in [0.2, 0.25) is 5.02 Å². The monoisotopic (exact) mass is 458 g/mol. The number of alkyl halides is 3. The van der Waals surface area contributed by atoms with Crippen molar-refractivity contribution in [3.8, 4) is 11.4 Å². The van der Waals surface area contributed by atoms with Gasteiger partial charge in [0.15, 0.2) is 17.5 Å². The molecule has 0 aromatic carbocycles. The Balaban J connectivity index is 1.96. The van der Waals surface area contributed by atoms with Gasteiger partial charge in [0.05, 0.1) is 11.2 Å². The van der Waals surface area contributed by atoms with Gasteiger partial charge in [-0.2, -0.15) is 13.2 Å². The van der Waals surface area contributed by atoms with Crippen molar-refractivity contribution < 1.29 is 22.4 Å². The number of nitrogens with zero attached hydrogens (tertiary/aromatic N) is 3. The average molecular weight is 459 g/mol. The van der Waals surface area contributed by atoms with E-state index in [4.69, 9.17) is 11.6 Å². The van der Waals surface area contributed by atoms with Crippen LogP contribution in [0.15, 0.2) is 24.7 Å². The van der Waals surface area contributed by atoms with Gasteiger partial charge in [-0.3, -0.25) is 4.79 Å². The Morgan fingerprint density at radius 3 is 2.61 bits per heavy atom. The summed E-state index contributed by atoms with van der Waals surface area (Å²) >= 11 is 6.00. The highest BCUT2D eigenvalue weighted by molar-refractivity contribution is 6.31. The predicted molar refractivity (Wildman–Crippen MR) is 108 cm³/mol. The van der Waals surface area contributed by atoms with Crippen LogP contribution in [0.1, 0.15) is 20.8 Å². The number of carbonyl (C=O) groups excluding carboxylic acids is 1. The number of hydrogen-bond donors (Lipinski definition) is 3. The van der Waals surface area contributed by atoms with Gasteiger partial charge in [-0.15, -0.1) is 0 Å². The van der Waals surface area contributed by atoms with Crippen LogP contribution in [0, 0.1) is 11.7 Å². The van der Waals surface area contributed by atoms with Gasteiger partial charge in [0.2, 0.25) is 5.91 Å². The Morgan fingerprint density at radius 1 is 1.26 bits per heavy atom. The first-order valence-corrected chi connectivity index (χ1v) is 9.57. The maximum atomic E-state index is 14.5. The van der Waals surface area contributed by atoms with Gasteiger partial charge in [0.1, 0.15) is 17.7 Å². The summed E-state index contributed by atoms with van der Waals surface area (Å²) in [5.41, 5.74) is -0.579. The molecule has 0 saturated heterocycles. The quantitative estimate of drug-likeness (QED) is 0.478. The molecule has 3 rings (SSSR count). The number of anilines is 1. The summed E-state index contributed by atoms with van der Waals surface area (Å²) in [5, 5.41) is 5.47. The summed E-state index contributed by atoms with van der Waals surface area (Å²) in [5.74, 6) is -2.53. The Hall–Kier alpha value is -2.95. The van der Waals surface area contributed by atoms with Gasteiger partial charge in [0.25, 0.3) is 0 Å². The van der Waals surface area contributed by atoms with E-state index in [-0.39, 0.29) is 11.6 Å². The molecule has 1 unspecified atom stereocenters. The van der Waals surface area contributed by atoms with Crippen LogP contribution in [0.3, 0.4) is 0 Å². The number of amides is 1. The molecule has 0 aliphatic rings. The molecule has 7 nitrogen and oxygen atoms in total. The van der Waals surface area contributed by atoms with E-state index in [0.717, 1.165) is 6.20 Å². The molecular formula is C19H19ClF4N6O. The fourth-order valence-corrected chi connectivity index (χ4v) is 2.98. The maximum Gasteiger partial charge on any atom is 0.405 e. The van der Waals surface area contributed by atoms with Crippen molar-refractivity contribution in [3.63, 3.8) is 0 Å². The van der Waals surface area contributed by atoms with Crippen molar-refractivity contribution in [2.45, 2.75) is 32.5 Å². The first-order valence-electron chi connectivity index (χ1n) is 9.19. The number of halogens is 5. The number of aromatic amines is 1. The van der Waals surface area contributed by atoms with E-state index in [2.05, 4.69) is 25.3 Å². The third-order valence-electron chi connectivity index (χ3n) is 4.94. The van der Waals surface area contributed by atoms with E-state index >= 15 is 0 Å². The third-order valence-corrected chi connectivity index (χ3v) is 5.14. The highest BCUT2D eigenvalue weighted by Gasteiger charge is 2.39. The van der Waals surface area contributed by atoms with Gasteiger partial charge >= 0.3 is 6.18 Å². The Morgan fingerprint density at radius 2 is 1.97 bits per heavy atom. The molecule has 1 amide bonds. The molecule has 3 aromatic rings. The second-order valence-corrected chi connectivity index (χ2v) is 7.86. The van der Waals surface area contributed by atoms with Crippen molar-refractivity contribution in [2.24, 2.45) is 5.92 Å². The van der Waals surface area contributed by atoms with Crippen LogP contribution >= 0.6 is 11.6 Å². The smallest absolute Gasteiger partial charge is 0.353 e. The third kappa shape index (κ3) is 4.87. The molecule has 0 radical (unpaired) electrons. The first kappa shape index (κ1) is 22.7. The number of pyridine rings is 1. The molecule has 31 heavy (non-hydrogen) atoms. The minimum Gasteiger partial charge on any atom is -0.353 e. The molecule has 0 saturated carbocycles. The number of hydrogen-bond acceptors (Lipinski definition) is 5. The van der Waals surface area contributed by atoms with Gasteiger partial charge < -0.3 is 15.6 Å². The van der Waals surface area contributed by atoms with Crippen LogP contribution in [0.5, 0.6) is 0 Å². The fourth-order valence-electron chi connectivity index (χ4n) is 2.82. The molecule has 0 bridgehead atoms. The highest BCUT2D eigenvalue weighted by Crippen LogP contribution is 2.30. The molecule has 1 atom stereocenters. The zero-order chi connectivity index (χ0) is 23.0. The lowest BCUT2D eigenvalue weighted by atomic mass is 9.87. The van der Waals surface area contributed by atoms with E-state index in [1.165, 1.54) is 13.1 Å². The lowest BCUT2D eigenvalue weighted by Gasteiger charge is -2.34. The molecule has 3 N–H and O–H groups in total. The number of aromatic nitrogens is 4. The first-order chi connectivity index (χ1) is 14.4. The van der Waals surface area contributed by atoms with Crippen LogP contribution in [-0.4, -0.2) is 44.1 Å². The van der Waals surface area contributed by atoms with Gasteiger partial charge in [0, 0.05) is 23.3 Å². The van der Waals surface area contributed by atoms with Crippen LogP contribution in [-0.2, 0) is 4.79 Å². The minimum atomic E-state index is -4.58. The highest BCUT2D eigenvalue weighted by atomic mass is 35.5. The van der Waals surface area contributed by atoms with Crippen molar-refractivity contribution in [1.29, 1.82) is 0 Å². The Bertz CT molecular complexity index is 1120. The number of fused-ring (bicyclic) bond motifs is 1. The van der Waals surface area contributed by atoms with E-state index in [0.29, 0.717) is 21.6 Å². The number of H-pyrrole nitrogens is 1. The number of nitrogens with one attached hydrogen (secondary N) is 3. The van der Waals surface area contributed by atoms with Gasteiger partial charge in [-0.25, -0.2) is 19.3 Å². The topological polar surface area (TPSA) is 95.6 Å². The van der Waals surface area contributed by atoms with Crippen molar-refractivity contribution in [2.75, 3.05) is 11.9 Å². The molecule has 3 aromatic heterocycles. The summed E-state index contributed by atoms with van der Waals surface area (Å²) in [6, 6.07) is 1.64.